The first-order valence-electron chi connectivity index (χ1n) is 7.47. The molecule has 0 unspecified atom stereocenters. The van der Waals surface area contributed by atoms with E-state index in [0.29, 0.717) is 22.4 Å². The van der Waals surface area contributed by atoms with E-state index in [9.17, 15) is 18.0 Å². The number of nitrogens with two attached hydrogens (primary N) is 1. The van der Waals surface area contributed by atoms with Crippen molar-refractivity contribution in [3.8, 4) is 28.1 Å². The van der Waals surface area contributed by atoms with Gasteiger partial charge in [-0.2, -0.15) is 0 Å². The Bertz CT molecular complexity index is 967. The third kappa shape index (κ3) is 3.85. The number of carbonyl (C=O) groups excluding carboxylic acids is 1. The summed E-state index contributed by atoms with van der Waals surface area (Å²) < 4.78 is 42.0. The fourth-order valence-corrected chi connectivity index (χ4v) is 3.31. The average Bonchev–Trinajstić information content (AvgIpc) is 2.96. The first-order chi connectivity index (χ1) is 12.2. The van der Waals surface area contributed by atoms with Gasteiger partial charge in [0, 0.05) is 16.0 Å². The van der Waals surface area contributed by atoms with E-state index < -0.39 is 12.3 Å². The van der Waals surface area contributed by atoms with Crippen LogP contribution in [0, 0.1) is 6.92 Å². The number of primary amides is 1. The van der Waals surface area contributed by atoms with Crippen LogP contribution in [-0.4, -0.2) is 17.3 Å². The van der Waals surface area contributed by atoms with E-state index in [1.165, 1.54) is 23.5 Å². The number of alkyl halides is 3. The van der Waals surface area contributed by atoms with Gasteiger partial charge in [0.25, 0.3) is 5.91 Å². The lowest BCUT2D eigenvalue weighted by molar-refractivity contribution is -0.274. The number of hydrogen-bond donors (Lipinski definition) is 1. The molecular formula is C18H13F3N2O2S. The van der Waals surface area contributed by atoms with Crippen LogP contribution in [0.2, 0.25) is 0 Å². The lowest BCUT2D eigenvalue weighted by atomic mass is 10.0. The lowest BCUT2D eigenvalue weighted by Crippen LogP contribution is -2.17. The standard InChI is InChI=1S/C18H13F3N2O2S/c1-10-15(23-17(26-10)16(22)24)12-6-4-5-11(9-12)13-7-2-3-8-14(13)25-18(19,20)21/h2-9H,1H3,(H2,22,24). The van der Waals surface area contributed by atoms with Crippen LogP contribution in [0.1, 0.15) is 14.7 Å². The molecule has 0 aliphatic heterocycles. The van der Waals surface area contributed by atoms with Gasteiger partial charge in [0.2, 0.25) is 0 Å². The summed E-state index contributed by atoms with van der Waals surface area (Å²) in [7, 11) is 0. The largest absolute Gasteiger partial charge is 0.573 e. The number of nitrogens with zero attached hydrogens (tertiary/aromatic N) is 1. The lowest BCUT2D eigenvalue weighted by Gasteiger charge is -2.13. The van der Waals surface area contributed by atoms with Gasteiger partial charge in [-0.25, -0.2) is 4.98 Å². The molecule has 2 aromatic carbocycles. The van der Waals surface area contributed by atoms with Gasteiger partial charge >= 0.3 is 6.36 Å². The Morgan fingerprint density at radius 2 is 1.81 bits per heavy atom. The van der Waals surface area contributed by atoms with E-state index in [2.05, 4.69) is 9.72 Å². The van der Waals surface area contributed by atoms with E-state index in [1.54, 1.807) is 43.3 Å². The number of benzene rings is 2. The number of aryl methyl sites for hydroxylation is 1. The first kappa shape index (κ1) is 17.9. The van der Waals surface area contributed by atoms with Crippen molar-refractivity contribution in [3.05, 3.63) is 58.4 Å². The molecule has 1 amide bonds. The van der Waals surface area contributed by atoms with Gasteiger partial charge in [-0.1, -0.05) is 36.4 Å². The second-order valence-electron chi connectivity index (χ2n) is 5.41. The van der Waals surface area contributed by atoms with Crippen LogP contribution in [0.15, 0.2) is 48.5 Å². The Kier molecular flexibility index (Phi) is 4.69. The van der Waals surface area contributed by atoms with E-state index >= 15 is 0 Å². The number of amides is 1. The van der Waals surface area contributed by atoms with Crippen molar-refractivity contribution in [2.75, 3.05) is 0 Å². The normalized spacial score (nSPS) is 11.4. The maximum atomic E-state index is 12.6. The van der Waals surface area contributed by atoms with E-state index in [-0.39, 0.29) is 10.8 Å². The Hall–Kier alpha value is -2.87. The van der Waals surface area contributed by atoms with Gasteiger partial charge in [0.1, 0.15) is 5.75 Å². The van der Waals surface area contributed by atoms with Crippen molar-refractivity contribution in [3.63, 3.8) is 0 Å². The van der Waals surface area contributed by atoms with Gasteiger partial charge in [-0.3, -0.25) is 4.79 Å². The number of thiazole rings is 1. The summed E-state index contributed by atoms with van der Waals surface area (Å²) in [4.78, 5) is 16.3. The minimum Gasteiger partial charge on any atom is -0.405 e. The Morgan fingerprint density at radius 1 is 1.12 bits per heavy atom. The van der Waals surface area contributed by atoms with Gasteiger partial charge in [-0.15, -0.1) is 24.5 Å². The molecule has 3 aromatic rings. The molecule has 0 fully saturated rings. The van der Waals surface area contributed by atoms with Crippen LogP contribution >= 0.6 is 11.3 Å². The van der Waals surface area contributed by atoms with E-state index in [0.717, 1.165) is 4.88 Å². The number of ether oxygens (including phenoxy) is 1. The number of rotatable bonds is 4. The highest BCUT2D eigenvalue weighted by atomic mass is 32.1. The molecule has 134 valence electrons. The van der Waals surface area contributed by atoms with Crippen LogP contribution in [0.3, 0.4) is 0 Å². The van der Waals surface area contributed by atoms with Crippen LogP contribution in [0.25, 0.3) is 22.4 Å². The first-order valence-corrected chi connectivity index (χ1v) is 8.29. The zero-order valence-electron chi connectivity index (χ0n) is 13.5. The molecule has 0 spiro atoms. The molecule has 0 radical (unpaired) electrons. The minimum atomic E-state index is -4.78. The Balaban J connectivity index is 2.05. The topological polar surface area (TPSA) is 65.2 Å². The SMILES string of the molecule is Cc1sc(C(N)=O)nc1-c1cccc(-c2ccccc2OC(F)(F)F)c1. The van der Waals surface area contributed by atoms with Crippen molar-refractivity contribution >= 4 is 17.2 Å². The molecule has 0 aliphatic rings. The predicted molar refractivity (Wildman–Crippen MR) is 92.9 cm³/mol. The second-order valence-corrected chi connectivity index (χ2v) is 6.62. The third-order valence-electron chi connectivity index (χ3n) is 3.57. The molecule has 0 bridgehead atoms. The molecule has 0 atom stereocenters. The third-order valence-corrected chi connectivity index (χ3v) is 4.55. The zero-order chi connectivity index (χ0) is 18.9. The highest BCUT2D eigenvalue weighted by molar-refractivity contribution is 7.14. The Morgan fingerprint density at radius 3 is 2.46 bits per heavy atom. The van der Waals surface area contributed by atoms with Gasteiger partial charge in [0.15, 0.2) is 5.01 Å². The molecule has 4 nitrogen and oxygen atoms in total. The van der Waals surface area contributed by atoms with Crippen LogP contribution in [-0.2, 0) is 0 Å². The molecule has 0 aliphatic carbocycles. The minimum absolute atomic E-state index is 0.184. The molecule has 3 rings (SSSR count). The summed E-state index contributed by atoms with van der Waals surface area (Å²) in [5.74, 6) is -0.908. The molecule has 0 saturated heterocycles. The molecule has 26 heavy (non-hydrogen) atoms. The Labute approximate surface area is 151 Å². The van der Waals surface area contributed by atoms with Crippen molar-refractivity contribution < 1.29 is 22.7 Å². The van der Waals surface area contributed by atoms with E-state index in [1.807, 2.05) is 0 Å². The van der Waals surface area contributed by atoms with Crippen LogP contribution < -0.4 is 10.5 Å². The summed E-state index contributed by atoms with van der Waals surface area (Å²) in [6, 6.07) is 12.8. The molecule has 8 heteroatoms. The smallest absolute Gasteiger partial charge is 0.405 e. The number of carbonyl (C=O) groups is 1. The van der Waals surface area contributed by atoms with Crippen molar-refractivity contribution in [1.29, 1.82) is 0 Å². The van der Waals surface area contributed by atoms with Crippen LogP contribution in [0.5, 0.6) is 5.75 Å². The fraction of sp³-hybridized carbons (Fsp3) is 0.111. The monoisotopic (exact) mass is 378 g/mol. The highest BCUT2D eigenvalue weighted by Gasteiger charge is 2.32. The summed E-state index contributed by atoms with van der Waals surface area (Å²) in [6.45, 7) is 1.80. The number of hydrogen-bond acceptors (Lipinski definition) is 4. The maximum absolute atomic E-state index is 12.6. The van der Waals surface area contributed by atoms with Crippen LogP contribution in [0.4, 0.5) is 13.2 Å². The van der Waals surface area contributed by atoms with Crippen molar-refractivity contribution in [2.45, 2.75) is 13.3 Å². The molecule has 0 saturated carbocycles. The van der Waals surface area contributed by atoms with Gasteiger partial charge in [-0.05, 0) is 24.6 Å². The molecule has 1 aromatic heterocycles. The zero-order valence-corrected chi connectivity index (χ0v) is 14.3. The number of aromatic nitrogens is 1. The summed E-state index contributed by atoms with van der Waals surface area (Å²) in [5.41, 5.74) is 7.34. The summed E-state index contributed by atoms with van der Waals surface area (Å²) in [6.07, 6.45) is -4.78. The predicted octanol–water partition coefficient (Wildman–Crippen LogP) is 4.78. The fourth-order valence-electron chi connectivity index (χ4n) is 2.52. The molecular weight excluding hydrogens is 365 g/mol. The number of halogens is 3. The quantitative estimate of drug-likeness (QED) is 0.710. The van der Waals surface area contributed by atoms with Crippen molar-refractivity contribution in [2.24, 2.45) is 5.73 Å². The van der Waals surface area contributed by atoms with Gasteiger partial charge < -0.3 is 10.5 Å². The summed E-state index contributed by atoms with van der Waals surface area (Å²) in [5, 5.41) is 0.184. The van der Waals surface area contributed by atoms with Gasteiger partial charge in [0.05, 0.1) is 5.69 Å². The highest BCUT2D eigenvalue weighted by Crippen LogP contribution is 2.36. The molecule has 2 N–H and O–H groups in total. The maximum Gasteiger partial charge on any atom is 0.573 e. The van der Waals surface area contributed by atoms with Crippen molar-refractivity contribution in [1.82, 2.24) is 4.98 Å². The number of para-hydroxylation sites is 1. The summed E-state index contributed by atoms with van der Waals surface area (Å²) >= 11 is 1.17. The second kappa shape index (κ2) is 6.80. The molecule has 1 heterocycles. The van der Waals surface area contributed by atoms with E-state index in [4.69, 9.17) is 5.73 Å². The average molecular weight is 378 g/mol.